The number of nitrogens with one attached hydrogen (secondary N) is 1. The molecule has 0 radical (unpaired) electrons. The van der Waals surface area contributed by atoms with Gasteiger partial charge in [-0.3, -0.25) is 10.1 Å². The van der Waals surface area contributed by atoms with Crippen molar-refractivity contribution in [3.63, 3.8) is 0 Å². The number of amides is 1. The number of hydrogen-bond acceptors (Lipinski definition) is 7. The number of carbonyl (C=O) groups is 1. The molecule has 3 heterocycles. The van der Waals surface area contributed by atoms with Gasteiger partial charge in [0, 0.05) is 21.9 Å². The Labute approximate surface area is 233 Å². The molecule has 8 heteroatoms. The van der Waals surface area contributed by atoms with Gasteiger partial charge in [0.05, 0.1) is 24.2 Å². The van der Waals surface area contributed by atoms with Gasteiger partial charge in [-0.2, -0.15) is 0 Å². The minimum absolute atomic E-state index is 0.312. The van der Waals surface area contributed by atoms with Crippen molar-refractivity contribution in [1.29, 1.82) is 0 Å². The number of rotatable bonds is 6. The number of thiophene rings is 1. The summed E-state index contributed by atoms with van der Waals surface area (Å²) in [6.07, 6.45) is 0. The molecule has 192 valence electrons. The van der Waals surface area contributed by atoms with E-state index in [9.17, 15) is 4.79 Å². The Morgan fingerprint density at radius 1 is 0.872 bits per heavy atom. The number of benzene rings is 3. The summed E-state index contributed by atoms with van der Waals surface area (Å²) in [7, 11) is 1.63. The topological polar surface area (TPSA) is 90.1 Å². The smallest absolute Gasteiger partial charge is 0.269 e. The maximum absolute atomic E-state index is 13.5. The van der Waals surface area contributed by atoms with E-state index in [2.05, 4.69) is 41.5 Å². The number of para-hydroxylation sites is 1. The SMILES string of the molecule is COc1ccccc1-c1csc(NC(=O)c2sc3nc(-c4ccccc4)cc(-c4ccc(C)cc4)c3c2N)n1. The number of nitrogens with zero attached hydrogens (tertiary/aromatic N) is 2. The van der Waals surface area contributed by atoms with Crippen molar-refractivity contribution in [2.24, 2.45) is 0 Å². The quantitative estimate of drug-likeness (QED) is 0.221. The van der Waals surface area contributed by atoms with Crippen molar-refractivity contribution in [3.05, 3.63) is 101 Å². The molecule has 39 heavy (non-hydrogen) atoms. The molecule has 0 fully saturated rings. The summed E-state index contributed by atoms with van der Waals surface area (Å²) in [5.41, 5.74) is 13.6. The summed E-state index contributed by atoms with van der Waals surface area (Å²) in [5.74, 6) is 0.408. The second kappa shape index (κ2) is 10.3. The van der Waals surface area contributed by atoms with Crippen LogP contribution in [0.5, 0.6) is 5.75 Å². The molecule has 0 saturated carbocycles. The molecule has 3 aromatic heterocycles. The molecule has 0 saturated heterocycles. The highest BCUT2D eigenvalue weighted by molar-refractivity contribution is 7.21. The van der Waals surface area contributed by atoms with Crippen LogP contribution in [0.25, 0.3) is 43.9 Å². The molecule has 0 aliphatic heterocycles. The van der Waals surface area contributed by atoms with E-state index in [1.165, 1.54) is 28.2 Å². The van der Waals surface area contributed by atoms with E-state index in [4.69, 9.17) is 15.5 Å². The Balaban J connectivity index is 1.40. The van der Waals surface area contributed by atoms with E-state index < -0.39 is 0 Å². The van der Waals surface area contributed by atoms with Gasteiger partial charge in [0.25, 0.3) is 5.91 Å². The molecular formula is C31H24N4O2S2. The lowest BCUT2D eigenvalue weighted by molar-refractivity contribution is 0.103. The number of hydrogen-bond donors (Lipinski definition) is 2. The van der Waals surface area contributed by atoms with E-state index in [-0.39, 0.29) is 5.91 Å². The minimum Gasteiger partial charge on any atom is -0.496 e. The highest BCUT2D eigenvalue weighted by Crippen LogP contribution is 2.42. The Bertz CT molecular complexity index is 1810. The Morgan fingerprint density at radius 3 is 2.38 bits per heavy atom. The summed E-state index contributed by atoms with van der Waals surface area (Å²) in [6.45, 7) is 2.06. The van der Waals surface area contributed by atoms with Gasteiger partial charge in [-0.1, -0.05) is 72.3 Å². The van der Waals surface area contributed by atoms with Crippen molar-refractivity contribution in [3.8, 4) is 39.4 Å². The fourth-order valence-corrected chi connectivity index (χ4v) is 6.19. The molecule has 0 bridgehead atoms. The Hall–Kier alpha value is -4.53. The monoisotopic (exact) mass is 548 g/mol. The molecule has 3 aromatic carbocycles. The lowest BCUT2D eigenvalue weighted by Crippen LogP contribution is -2.11. The van der Waals surface area contributed by atoms with Crippen LogP contribution in [0.4, 0.5) is 10.8 Å². The van der Waals surface area contributed by atoms with Gasteiger partial charge in [0.2, 0.25) is 0 Å². The number of aromatic nitrogens is 2. The van der Waals surface area contributed by atoms with E-state index in [1.807, 2.05) is 66.0 Å². The number of carbonyl (C=O) groups excluding carboxylic acids is 1. The number of anilines is 2. The van der Waals surface area contributed by atoms with Crippen LogP contribution in [-0.4, -0.2) is 23.0 Å². The van der Waals surface area contributed by atoms with E-state index in [0.29, 0.717) is 20.5 Å². The number of fused-ring (bicyclic) bond motifs is 1. The third-order valence-electron chi connectivity index (χ3n) is 6.44. The first-order valence-corrected chi connectivity index (χ1v) is 14.0. The van der Waals surface area contributed by atoms with Gasteiger partial charge in [0.1, 0.15) is 15.5 Å². The second-order valence-corrected chi connectivity index (χ2v) is 10.9. The molecule has 6 rings (SSSR count). The summed E-state index contributed by atoms with van der Waals surface area (Å²) in [5, 5.41) is 6.09. The predicted octanol–water partition coefficient (Wildman–Crippen LogP) is 7.91. The third-order valence-corrected chi connectivity index (χ3v) is 8.30. The van der Waals surface area contributed by atoms with Crippen LogP contribution in [0, 0.1) is 6.92 Å². The normalized spacial score (nSPS) is 11.0. The summed E-state index contributed by atoms with van der Waals surface area (Å²) in [4.78, 5) is 24.1. The fourth-order valence-electron chi connectivity index (χ4n) is 4.47. The summed E-state index contributed by atoms with van der Waals surface area (Å²) in [6, 6.07) is 28.0. The van der Waals surface area contributed by atoms with Crippen LogP contribution in [0.1, 0.15) is 15.2 Å². The molecule has 1 amide bonds. The number of ether oxygens (including phenoxy) is 1. The van der Waals surface area contributed by atoms with Crippen molar-refractivity contribution in [1.82, 2.24) is 9.97 Å². The molecule has 0 unspecified atom stereocenters. The third kappa shape index (κ3) is 4.76. The first kappa shape index (κ1) is 24.8. The van der Waals surface area contributed by atoms with Crippen molar-refractivity contribution in [2.75, 3.05) is 18.2 Å². The van der Waals surface area contributed by atoms with E-state index >= 15 is 0 Å². The molecule has 0 spiro atoms. The molecule has 0 atom stereocenters. The molecular weight excluding hydrogens is 525 g/mol. The predicted molar refractivity (Wildman–Crippen MR) is 162 cm³/mol. The van der Waals surface area contributed by atoms with Crippen LogP contribution >= 0.6 is 22.7 Å². The van der Waals surface area contributed by atoms with Crippen LogP contribution in [-0.2, 0) is 0 Å². The summed E-state index contributed by atoms with van der Waals surface area (Å²) < 4.78 is 5.46. The highest BCUT2D eigenvalue weighted by atomic mass is 32.1. The Kier molecular flexibility index (Phi) is 6.56. The molecule has 3 N–H and O–H groups in total. The molecule has 0 aliphatic rings. The standard InChI is InChI=1S/C31H24N4O2S2/c1-18-12-14-19(15-13-18)22-16-23(20-8-4-3-5-9-20)33-30-26(22)27(32)28(39-30)29(36)35-31-34-24(17-38-31)21-10-6-7-11-25(21)37-2/h3-17H,32H2,1-2H3,(H,34,35,36). The highest BCUT2D eigenvalue weighted by Gasteiger charge is 2.23. The number of nitrogens with two attached hydrogens (primary N) is 1. The number of thiazole rings is 1. The second-order valence-electron chi connectivity index (χ2n) is 9.00. The van der Waals surface area contributed by atoms with Gasteiger partial charge in [-0.05, 0) is 36.2 Å². The maximum Gasteiger partial charge on any atom is 0.269 e. The van der Waals surface area contributed by atoms with Crippen LogP contribution in [0.2, 0.25) is 0 Å². The van der Waals surface area contributed by atoms with E-state index in [1.54, 1.807) is 7.11 Å². The van der Waals surface area contributed by atoms with Gasteiger partial charge in [-0.25, -0.2) is 9.97 Å². The van der Waals surface area contributed by atoms with Gasteiger partial charge >= 0.3 is 0 Å². The summed E-state index contributed by atoms with van der Waals surface area (Å²) >= 11 is 2.64. The fraction of sp³-hybridized carbons (Fsp3) is 0.0645. The first-order chi connectivity index (χ1) is 19.0. The van der Waals surface area contributed by atoms with Crippen LogP contribution < -0.4 is 15.8 Å². The Morgan fingerprint density at radius 2 is 1.62 bits per heavy atom. The molecule has 0 aliphatic carbocycles. The van der Waals surface area contributed by atoms with E-state index in [0.717, 1.165) is 44.8 Å². The average molecular weight is 549 g/mol. The van der Waals surface area contributed by atoms with Gasteiger partial charge in [0.15, 0.2) is 5.13 Å². The number of aryl methyl sites for hydroxylation is 1. The van der Waals surface area contributed by atoms with Crippen molar-refractivity contribution >= 4 is 49.6 Å². The lowest BCUT2D eigenvalue weighted by atomic mass is 9.99. The zero-order valence-electron chi connectivity index (χ0n) is 21.3. The zero-order valence-corrected chi connectivity index (χ0v) is 22.9. The maximum atomic E-state index is 13.5. The zero-order chi connectivity index (χ0) is 26.9. The largest absolute Gasteiger partial charge is 0.496 e. The minimum atomic E-state index is -0.312. The van der Waals surface area contributed by atoms with Gasteiger partial charge in [-0.15, -0.1) is 22.7 Å². The number of nitrogen functional groups attached to an aromatic ring is 1. The first-order valence-electron chi connectivity index (χ1n) is 12.3. The van der Waals surface area contributed by atoms with Crippen molar-refractivity contribution < 1.29 is 9.53 Å². The van der Waals surface area contributed by atoms with Crippen LogP contribution in [0.3, 0.4) is 0 Å². The van der Waals surface area contributed by atoms with Crippen LogP contribution in [0.15, 0.2) is 90.3 Å². The van der Waals surface area contributed by atoms with Crippen molar-refractivity contribution in [2.45, 2.75) is 6.92 Å². The molecule has 6 aromatic rings. The van der Waals surface area contributed by atoms with Gasteiger partial charge < -0.3 is 10.5 Å². The number of pyridine rings is 1. The average Bonchev–Trinajstić information content (AvgIpc) is 3.57. The molecule has 6 nitrogen and oxygen atoms in total. The lowest BCUT2D eigenvalue weighted by Gasteiger charge is -2.09. The number of methoxy groups -OCH3 is 1.